The van der Waals surface area contributed by atoms with Crippen LogP contribution in [0.2, 0.25) is 0 Å². The summed E-state index contributed by atoms with van der Waals surface area (Å²) >= 11 is 0. The van der Waals surface area contributed by atoms with E-state index in [1.54, 1.807) is 31.2 Å². The van der Waals surface area contributed by atoms with E-state index in [-0.39, 0.29) is 18.4 Å². The summed E-state index contributed by atoms with van der Waals surface area (Å²) in [6.45, 7) is 5.31. The lowest BCUT2D eigenvalue weighted by molar-refractivity contribution is -0.120. The Morgan fingerprint density at radius 2 is 1.67 bits per heavy atom. The summed E-state index contributed by atoms with van der Waals surface area (Å²) in [7, 11) is 0. The van der Waals surface area contributed by atoms with Gasteiger partial charge in [0, 0.05) is 18.3 Å². The Bertz CT molecular complexity index is 815. The second-order valence-electron chi connectivity index (χ2n) is 5.93. The highest BCUT2D eigenvalue weighted by molar-refractivity contribution is 6.02. The van der Waals surface area contributed by atoms with Crippen LogP contribution in [0.5, 0.6) is 0 Å². The van der Waals surface area contributed by atoms with Gasteiger partial charge in [-0.2, -0.15) is 0 Å². The molecule has 0 radical (unpaired) electrons. The predicted octanol–water partition coefficient (Wildman–Crippen LogP) is 3.42. The number of hydrogen-bond acceptors (Lipinski definition) is 4. The minimum atomic E-state index is -0.424. The van der Waals surface area contributed by atoms with Crippen LogP contribution in [-0.4, -0.2) is 30.9 Å². The Hall–Kier alpha value is -3.15. The van der Waals surface area contributed by atoms with Crippen molar-refractivity contribution >= 4 is 29.2 Å². The predicted molar refractivity (Wildman–Crippen MR) is 105 cm³/mol. The van der Waals surface area contributed by atoms with Crippen molar-refractivity contribution in [3.8, 4) is 0 Å². The summed E-state index contributed by atoms with van der Waals surface area (Å²) in [4.78, 5) is 37.6. The van der Waals surface area contributed by atoms with Gasteiger partial charge in [0.25, 0.3) is 0 Å². The third-order valence-corrected chi connectivity index (χ3v) is 4.04. The van der Waals surface area contributed by atoms with Crippen molar-refractivity contribution in [2.45, 2.75) is 27.2 Å². The number of hydrogen-bond donors (Lipinski definition) is 1. The number of rotatable bonds is 7. The molecule has 2 amide bonds. The van der Waals surface area contributed by atoms with E-state index in [0.717, 1.165) is 17.7 Å². The van der Waals surface area contributed by atoms with Crippen LogP contribution in [0.15, 0.2) is 48.5 Å². The average Bonchev–Trinajstić information content (AvgIpc) is 2.66. The first-order valence-corrected chi connectivity index (χ1v) is 8.89. The van der Waals surface area contributed by atoms with E-state index in [9.17, 15) is 14.4 Å². The van der Waals surface area contributed by atoms with E-state index in [1.165, 1.54) is 11.8 Å². The average molecular weight is 368 g/mol. The fraction of sp³-hybridized carbons (Fsp3) is 0.286. The zero-order valence-corrected chi connectivity index (χ0v) is 15.8. The number of anilines is 2. The Balaban J connectivity index is 2.12. The molecule has 0 fully saturated rings. The van der Waals surface area contributed by atoms with Crippen molar-refractivity contribution in [1.29, 1.82) is 0 Å². The van der Waals surface area contributed by atoms with Gasteiger partial charge in [0.15, 0.2) is 0 Å². The Morgan fingerprint density at radius 1 is 1.00 bits per heavy atom. The Morgan fingerprint density at radius 3 is 2.26 bits per heavy atom. The third-order valence-electron chi connectivity index (χ3n) is 4.04. The summed E-state index contributed by atoms with van der Waals surface area (Å²) in [6.07, 6.45) is 0.794. The molecule has 6 heteroatoms. The second kappa shape index (κ2) is 9.52. The van der Waals surface area contributed by atoms with Crippen LogP contribution in [0.4, 0.5) is 11.4 Å². The van der Waals surface area contributed by atoms with E-state index in [1.807, 2.05) is 31.2 Å². The first-order chi connectivity index (χ1) is 13.0. The lowest BCUT2D eigenvalue weighted by Crippen LogP contribution is -2.36. The topological polar surface area (TPSA) is 75.7 Å². The van der Waals surface area contributed by atoms with Crippen molar-refractivity contribution in [2.24, 2.45) is 0 Å². The summed E-state index contributed by atoms with van der Waals surface area (Å²) < 4.78 is 4.94. The highest BCUT2D eigenvalue weighted by Crippen LogP contribution is 2.18. The minimum absolute atomic E-state index is 0.119. The molecule has 1 N–H and O–H groups in total. The zero-order valence-electron chi connectivity index (χ0n) is 15.8. The van der Waals surface area contributed by atoms with Crippen LogP contribution in [0, 0.1) is 0 Å². The molecule has 0 bridgehead atoms. The number of para-hydroxylation sites is 1. The fourth-order valence-corrected chi connectivity index (χ4v) is 2.66. The number of aryl methyl sites for hydroxylation is 1. The molecule has 0 aliphatic rings. The number of nitrogens with one attached hydrogen (secondary N) is 1. The number of ether oxygens (including phenoxy) is 1. The summed E-state index contributed by atoms with van der Waals surface area (Å²) in [6, 6.07) is 14.0. The summed E-state index contributed by atoms with van der Waals surface area (Å²) in [5.41, 5.74) is 2.70. The van der Waals surface area contributed by atoms with Gasteiger partial charge in [-0.15, -0.1) is 0 Å². The first kappa shape index (κ1) is 20.2. The molecule has 2 aromatic rings. The smallest absolute Gasteiger partial charge is 0.338 e. The maximum Gasteiger partial charge on any atom is 0.338 e. The fourth-order valence-electron chi connectivity index (χ4n) is 2.66. The van der Waals surface area contributed by atoms with Gasteiger partial charge in [-0.3, -0.25) is 9.59 Å². The molecule has 0 unspecified atom stereocenters. The first-order valence-electron chi connectivity index (χ1n) is 8.89. The largest absolute Gasteiger partial charge is 0.462 e. The van der Waals surface area contributed by atoms with E-state index >= 15 is 0 Å². The Labute approximate surface area is 159 Å². The number of carbonyl (C=O) groups excluding carboxylic acids is 3. The molecular weight excluding hydrogens is 344 g/mol. The molecule has 2 aromatic carbocycles. The molecule has 0 aromatic heterocycles. The summed E-state index contributed by atoms with van der Waals surface area (Å²) in [5.74, 6) is -0.981. The SMILES string of the molecule is CCOC(=O)c1ccc(N(CC(=O)Nc2ccccc2CC)C(C)=O)cc1. The van der Waals surface area contributed by atoms with Crippen LogP contribution in [0.1, 0.15) is 36.7 Å². The minimum Gasteiger partial charge on any atom is -0.462 e. The molecule has 6 nitrogen and oxygen atoms in total. The molecular formula is C21H24N2O4. The van der Waals surface area contributed by atoms with Crippen LogP contribution in [0.25, 0.3) is 0 Å². The lowest BCUT2D eigenvalue weighted by Gasteiger charge is -2.21. The van der Waals surface area contributed by atoms with E-state index in [2.05, 4.69) is 5.32 Å². The Kier molecular flexibility index (Phi) is 7.11. The normalized spacial score (nSPS) is 10.2. The molecule has 0 spiro atoms. The van der Waals surface area contributed by atoms with Crippen molar-refractivity contribution in [3.63, 3.8) is 0 Å². The molecule has 0 aliphatic carbocycles. The van der Waals surface area contributed by atoms with Gasteiger partial charge in [-0.25, -0.2) is 4.79 Å². The molecule has 0 heterocycles. The molecule has 142 valence electrons. The van der Waals surface area contributed by atoms with Crippen molar-refractivity contribution in [3.05, 3.63) is 59.7 Å². The van der Waals surface area contributed by atoms with E-state index in [0.29, 0.717) is 17.9 Å². The molecule has 27 heavy (non-hydrogen) atoms. The van der Waals surface area contributed by atoms with Gasteiger partial charge in [0.2, 0.25) is 11.8 Å². The molecule has 0 saturated heterocycles. The van der Waals surface area contributed by atoms with E-state index in [4.69, 9.17) is 4.74 Å². The molecule has 2 rings (SSSR count). The zero-order chi connectivity index (χ0) is 19.8. The maximum absolute atomic E-state index is 12.5. The van der Waals surface area contributed by atoms with Crippen molar-refractivity contribution in [1.82, 2.24) is 0 Å². The third kappa shape index (κ3) is 5.41. The van der Waals surface area contributed by atoms with Gasteiger partial charge < -0.3 is 15.0 Å². The highest BCUT2D eigenvalue weighted by Gasteiger charge is 2.17. The van der Waals surface area contributed by atoms with Crippen molar-refractivity contribution in [2.75, 3.05) is 23.4 Å². The lowest BCUT2D eigenvalue weighted by atomic mass is 10.1. The standard InChI is InChI=1S/C21H24N2O4/c1-4-16-8-6-7-9-19(16)22-20(25)14-23(15(3)24)18-12-10-17(11-13-18)21(26)27-5-2/h6-13H,4-5,14H2,1-3H3,(H,22,25). The quantitative estimate of drug-likeness (QED) is 0.760. The highest BCUT2D eigenvalue weighted by atomic mass is 16.5. The van der Waals surface area contributed by atoms with Gasteiger partial charge in [0.05, 0.1) is 12.2 Å². The molecule has 0 aliphatic heterocycles. The number of esters is 1. The van der Waals surface area contributed by atoms with Gasteiger partial charge >= 0.3 is 5.97 Å². The number of benzene rings is 2. The number of nitrogens with zero attached hydrogens (tertiary/aromatic N) is 1. The van der Waals surface area contributed by atoms with Crippen LogP contribution < -0.4 is 10.2 Å². The molecule has 0 atom stereocenters. The number of carbonyl (C=O) groups is 3. The summed E-state index contributed by atoms with van der Waals surface area (Å²) in [5, 5.41) is 2.86. The van der Waals surface area contributed by atoms with Crippen LogP contribution in [-0.2, 0) is 20.7 Å². The van der Waals surface area contributed by atoms with Gasteiger partial charge in [-0.1, -0.05) is 25.1 Å². The maximum atomic E-state index is 12.5. The molecule has 0 saturated carbocycles. The van der Waals surface area contributed by atoms with Crippen LogP contribution in [0.3, 0.4) is 0 Å². The van der Waals surface area contributed by atoms with Gasteiger partial charge in [-0.05, 0) is 49.2 Å². The van der Waals surface area contributed by atoms with E-state index < -0.39 is 5.97 Å². The second-order valence-corrected chi connectivity index (χ2v) is 5.93. The van der Waals surface area contributed by atoms with Crippen LogP contribution >= 0.6 is 0 Å². The van der Waals surface area contributed by atoms with Crippen molar-refractivity contribution < 1.29 is 19.1 Å². The monoisotopic (exact) mass is 368 g/mol. The number of amides is 2. The van der Waals surface area contributed by atoms with Gasteiger partial charge in [0.1, 0.15) is 6.54 Å².